The predicted molar refractivity (Wildman–Crippen MR) is 116 cm³/mol. The summed E-state index contributed by atoms with van der Waals surface area (Å²) in [5.41, 5.74) is 3.54. The number of carboxylic acids is 1. The van der Waals surface area contributed by atoms with Gasteiger partial charge in [0.25, 0.3) is 0 Å². The summed E-state index contributed by atoms with van der Waals surface area (Å²) in [7, 11) is 4.75. The third kappa shape index (κ3) is 3.74. The van der Waals surface area contributed by atoms with Crippen LogP contribution in [0.1, 0.15) is 22.6 Å². The van der Waals surface area contributed by atoms with Gasteiger partial charge < -0.3 is 24.2 Å². The number of benzene rings is 2. The van der Waals surface area contributed by atoms with E-state index in [-0.39, 0.29) is 5.92 Å². The number of ether oxygens (including phenoxy) is 3. The van der Waals surface area contributed by atoms with Crippen LogP contribution in [-0.2, 0) is 11.3 Å². The van der Waals surface area contributed by atoms with E-state index in [0.717, 1.165) is 28.1 Å². The van der Waals surface area contributed by atoms with Crippen LogP contribution in [-0.4, -0.2) is 43.4 Å². The summed E-state index contributed by atoms with van der Waals surface area (Å²) in [6.45, 7) is 0.425. The quantitative estimate of drug-likeness (QED) is 0.624. The van der Waals surface area contributed by atoms with Crippen molar-refractivity contribution in [1.29, 1.82) is 0 Å². The Morgan fingerprint density at radius 3 is 2.19 bits per heavy atom. The standard InChI is InChI=1S/C24H24N2O5/c1-29-17-6-4-16(5-7-17)22-18-12-20(30-2)21(31-3)13-19(18)26(23(22)24(27)28)14-15-8-10-25-11-9-15/h4-13,22-23H,14H2,1-3H3,(H,27,28). The maximum absolute atomic E-state index is 12.5. The lowest BCUT2D eigenvalue weighted by Crippen LogP contribution is -2.40. The first-order valence-corrected chi connectivity index (χ1v) is 9.85. The molecule has 2 aromatic carbocycles. The molecule has 1 aliphatic rings. The van der Waals surface area contributed by atoms with Crippen LogP contribution in [0.15, 0.2) is 60.9 Å². The molecule has 0 radical (unpaired) electrons. The molecule has 0 fully saturated rings. The van der Waals surface area contributed by atoms with E-state index < -0.39 is 12.0 Å². The van der Waals surface area contributed by atoms with Gasteiger partial charge in [0.05, 0.1) is 21.3 Å². The largest absolute Gasteiger partial charge is 0.497 e. The number of aliphatic carboxylic acids is 1. The second-order valence-corrected chi connectivity index (χ2v) is 7.28. The molecule has 0 saturated carbocycles. The van der Waals surface area contributed by atoms with Crippen LogP contribution in [0.25, 0.3) is 0 Å². The molecule has 0 amide bonds. The number of hydrogen-bond donors (Lipinski definition) is 1. The number of nitrogens with zero attached hydrogens (tertiary/aromatic N) is 2. The Bertz CT molecular complexity index is 1070. The summed E-state index contributed by atoms with van der Waals surface area (Å²) in [6, 6.07) is 14.2. The molecule has 0 aliphatic carbocycles. The maximum Gasteiger partial charge on any atom is 0.327 e. The Labute approximate surface area is 180 Å². The summed E-state index contributed by atoms with van der Waals surface area (Å²) < 4.78 is 16.3. The zero-order valence-corrected chi connectivity index (χ0v) is 17.6. The van der Waals surface area contributed by atoms with Crippen LogP contribution in [0.5, 0.6) is 17.2 Å². The van der Waals surface area contributed by atoms with E-state index in [1.165, 1.54) is 0 Å². The molecule has 2 heterocycles. The monoisotopic (exact) mass is 420 g/mol. The fourth-order valence-electron chi connectivity index (χ4n) is 4.20. The zero-order valence-electron chi connectivity index (χ0n) is 17.6. The van der Waals surface area contributed by atoms with E-state index >= 15 is 0 Å². The minimum atomic E-state index is -0.899. The average molecular weight is 420 g/mol. The molecule has 0 bridgehead atoms. The van der Waals surface area contributed by atoms with Gasteiger partial charge in [-0.05, 0) is 47.0 Å². The topological polar surface area (TPSA) is 81.1 Å². The van der Waals surface area contributed by atoms with Gasteiger partial charge in [0, 0.05) is 36.6 Å². The van der Waals surface area contributed by atoms with Crippen LogP contribution in [0.2, 0.25) is 0 Å². The summed E-state index contributed by atoms with van der Waals surface area (Å²) in [6.07, 6.45) is 3.41. The van der Waals surface area contributed by atoms with E-state index in [1.807, 2.05) is 53.4 Å². The van der Waals surface area contributed by atoms with Gasteiger partial charge in [-0.15, -0.1) is 0 Å². The highest BCUT2D eigenvalue weighted by Crippen LogP contribution is 2.49. The number of carbonyl (C=O) groups is 1. The Morgan fingerprint density at radius 2 is 1.61 bits per heavy atom. The van der Waals surface area contributed by atoms with Crippen molar-refractivity contribution >= 4 is 11.7 Å². The van der Waals surface area contributed by atoms with Gasteiger partial charge in [0.2, 0.25) is 0 Å². The lowest BCUT2D eigenvalue weighted by Gasteiger charge is -2.27. The van der Waals surface area contributed by atoms with Crippen LogP contribution in [0.3, 0.4) is 0 Å². The number of carboxylic acid groups (broad SMARTS) is 1. The molecule has 2 atom stereocenters. The smallest absolute Gasteiger partial charge is 0.327 e. The van der Waals surface area contributed by atoms with Gasteiger partial charge in [-0.3, -0.25) is 4.98 Å². The summed E-state index contributed by atoms with van der Waals surface area (Å²) >= 11 is 0. The number of pyridine rings is 1. The van der Waals surface area contributed by atoms with Crippen LogP contribution in [0.4, 0.5) is 5.69 Å². The molecular weight excluding hydrogens is 396 g/mol. The normalized spacial score (nSPS) is 17.2. The van der Waals surface area contributed by atoms with E-state index in [1.54, 1.807) is 33.7 Å². The van der Waals surface area contributed by atoms with Crippen LogP contribution in [0, 0.1) is 0 Å². The Kier molecular flexibility index (Phi) is 5.66. The van der Waals surface area contributed by atoms with Crippen molar-refractivity contribution in [3.05, 3.63) is 77.6 Å². The minimum absolute atomic E-state index is 0.389. The summed E-state index contributed by atoms with van der Waals surface area (Å²) in [4.78, 5) is 18.5. The number of methoxy groups -OCH3 is 3. The van der Waals surface area contributed by atoms with Crippen molar-refractivity contribution in [2.75, 3.05) is 26.2 Å². The lowest BCUT2D eigenvalue weighted by atomic mass is 9.87. The molecule has 0 spiro atoms. The molecule has 31 heavy (non-hydrogen) atoms. The molecule has 2 unspecified atom stereocenters. The first kappa shape index (κ1) is 20.5. The molecule has 160 valence electrons. The number of fused-ring (bicyclic) bond motifs is 1. The molecule has 0 saturated heterocycles. The van der Waals surface area contributed by atoms with Gasteiger partial charge in [0.1, 0.15) is 11.8 Å². The van der Waals surface area contributed by atoms with Gasteiger partial charge in [-0.25, -0.2) is 4.79 Å². The fourth-order valence-corrected chi connectivity index (χ4v) is 4.20. The van der Waals surface area contributed by atoms with Gasteiger partial charge in [-0.2, -0.15) is 0 Å². The first-order valence-electron chi connectivity index (χ1n) is 9.85. The summed E-state index contributed by atoms with van der Waals surface area (Å²) in [5, 5.41) is 10.3. The van der Waals surface area contributed by atoms with Crippen molar-refractivity contribution in [2.24, 2.45) is 0 Å². The molecular formula is C24H24N2O5. The highest BCUT2D eigenvalue weighted by Gasteiger charge is 2.44. The second-order valence-electron chi connectivity index (χ2n) is 7.28. The molecule has 1 aromatic heterocycles. The third-order valence-corrected chi connectivity index (χ3v) is 5.66. The molecule has 7 heteroatoms. The molecule has 3 aromatic rings. The number of aromatic nitrogens is 1. The van der Waals surface area contributed by atoms with E-state index in [9.17, 15) is 9.90 Å². The van der Waals surface area contributed by atoms with Crippen molar-refractivity contribution < 1.29 is 24.1 Å². The number of hydrogen-bond acceptors (Lipinski definition) is 6. The Morgan fingerprint density at radius 1 is 0.968 bits per heavy atom. The third-order valence-electron chi connectivity index (χ3n) is 5.66. The molecule has 4 rings (SSSR count). The van der Waals surface area contributed by atoms with E-state index in [4.69, 9.17) is 14.2 Å². The molecule has 1 N–H and O–H groups in total. The Hall–Kier alpha value is -3.74. The fraction of sp³-hybridized carbons (Fsp3) is 0.250. The Balaban J connectivity index is 1.88. The van der Waals surface area contributed by atoms with Crippen LogP contribution < -0.4 is 19.1 Å². The van der Waals surface area contributed by atoms with Crippen molar-refractivity contribution in [2.45, 2.75) is 18.5 Å². The van der Waals surface area contributed by atoms with Gasteiger partial charge in [-0.1, -0.05) is 12.1 Å². The van der Waals surface area contributed by atoms with Crippen LogP contribution >= 0.6 is 0 Å². The first-order chi connectivity index (χ1) is 15.1. The lowest BCUT2D eigenvalue weighted by molar-refractivity contribution is -0.138. The van der Waals surface area contributed by atoms with E-state index in [2.05, 4.69) is 4.98 Å². The molecule has 7 nitrogen and oxygen atoms in total. The minimum Gasteiger partial charge on any atom is -0.497 e. The second kappa shape index (κ2) is 8.55. The summed E-state index contributed by atoms with van der Waals surface area (Å²) in [5.74, 6) is 0.550. The zero-order chi connectivity index (χ0) is 22.0. The van der Waals surface area contributed by atoms with Crippen molar-refractivity contribution in [1.82, 2.24) is 4.98 Å². The number of rotatable bonds is 7. The predicted octanol–water partition coefficient (Wildman–Crippen LogP) is 3.71. The van der Waals surface area contributed by atoms with Gasteiger partial charge >= 0.3 is 5.97 Å². The van der Waals surface area contributed by atoms with Gasteiger partial charge in [0.15, 0.2) is 11.5 Å². The maximum atomic E-state index is 12.5. The highest BCUT2D eigenvalue weighted by molar-refractivity contribution is 5.86. The number of anilines is 1. The average Bonchev–Trinajstić information content (AvgIpc) is 3.12. The highest BCUT2D eigenvalue weighted by atomic mass is 16.5. The molecule has 1 aliphatic heterocycles. The van der Waals surface area contributed by atoms with Crippen molar-refractivity contribution in [3.63, 3.8) is 0 Å². The SMILES string of the molecule is COc1ccc(C2c3cc(OC)c(OC)cc3N(Cc3ccncc3)C2C(=O)O)cc1. The van der Waals surface area contributed by atoms with E-state index in [0.29, 0.717) is 18.0 Å². The van der Waals surface area contributed by atoms with Crippen molar-refractivity contribution in [3.8, 4) is 17.2 Å².